The van der Waals surface area contributed by atoms with Gasteiger partial charge in [0.15, 0.2) is 0 Å². The summed E-state index contributed by atoms with van der Waals surface area (Å²) in [5.41, 5.74) is 4.24. The molecular formula is C21H27NO2. The fraction of sp³-hybridized carbons (Fsp3) is 0.429. The smallest absolute Gasteiger partial charge is 0.119 e. The lowest BCUT2D eigenvalue weighted by Crippen LogP contribution is -2.34. The van der Waals surface area contributed by atoms with E-state index in [2.05, 4.69) is 48.2 Å². The largest absolute Gasteiger partial charge is 0.491 e. The number of aliphatic hydroxyl groups excluding tert-OH is 1. The molecule has 3 nitrogen and oxygen atoms in total. The molecule has 1 aliphatic rings. The third-order valence-corrected chi connectivity index (χ3v) is 4.82. The second kappa shape index (κ2) is 8.32. The Labute approximate surface area is 144 Å². The maximum atomic E-state index is 8.81. The number of piperidine rings is 1. The average Bonchev–Trinajstić information content (AvgIpc) is 2.62. The normalized spacial score (nSPS) is 18.5. The summed E-state index contributed by atoms with van der Waals surface area (Å²) in [6.07, 6.45) is 2.55. The van der Waals surface area contributed by atoms with Gasteiger partial charge in [-0.25, -0.2) is 0 Å². The van der Waals surface area contributed by atoms with Crippen molar-refractivity contribution >= 4 is 0 Å². The summed E-state index contributed by atoms with van der Waals surface area (Å²) in [5, 5.41) is 8.81. The van der Waals surface area contributed by atoms with Crippen LogP contribution >= 0.6 is 0 Å². The first kappa shape index (κ1) is 17.0. The molecule has 128 valence electrons. The number of aryl methyl sites for hydroxylation is 1. The fourth-order valence-corrected chi connectivity index (χ4v) is 3.61. The fourth-order valence-electron chi connectivity index (χ4n) is 3.61. The summed E-state index contributed by atoms with van der Waals surface area (Å²) in [6, 6.07) is 17.0. The maximum absolute atomic E-state index is 8.81. The van der Waals surface area contributed by atoms with Crippen LogP contribution in [0.5, 0.6) is 5.75 Å². The Kier molecular flexibility index (Phi) is 5.89. The number of nitrogens with zero attached hydrogens (tertiary/aromatic N) is 1. The van der Waals surface area contributed by atoms with Crippen LogP contribution < -0.4 is 4.74 Å². The molecule has 1 unspecified atom stereocenters. The molecule has 0 spiro atoms. The summed E-state index contributed by atoms with van der Waals surface area (Å²) in [6.45, 7) is 5.92. The van der Waals surface area contributed by atoms with Crippen molar-refractivity contribution < 1.29 is 9.84 Å². The number of ether oxygens (including phenoxy) is 1. The van der Waals surface area contributed by atoms with Crippen LogP contribution in [0.4, 0.5) is 0 Å². The molecule has 2 aromatic carbocycles. The predicted octanol–water partition coefficient (Wildman–Crippen LogP) is 3.75. The molecule has 3 heteroatoms. The van der Waals surface area contributed by atoms with Gasteiger partial charge in [0.2, 0.25) is 0 Å². The van der Waals surface area contributed by atoms with E-state index in [1.165, 1.54) is 36.1 Å². The summed E-state index contributed by atoms with van der Waals surface area (Å²) >= 11 is 0. The molecule has 24 heavy (non-hydrogen) atoms. The molecule has 1 aliphatic heterocycles. The molecular weight excluding hydrogens is 298 g/mol. The van der Waals surface area contributed by atoms with Crippen LogP contribution in [0.1, 0.15) is 35.4 Å². The van der Waals surface area contributed by atoms with E-state index in [1.54, 1.807) is 0 Å². The molecule has 1 atom stereocenters. The van der Waals surface area contributed by atoms with Gasteiger partial charge in [0.25, 0.3) is 0 Å². The molecule has 1 saturated heterocycles. The summed E-state index contributed by atoms with van der Waals surface area (Å²) in [4.78, 5) is 2.56. The van der Waals surface area contributed by atoms with Crippen molar-refractivity contribution in [3.05, 3.63) is 65.2 Å². The highest BCUT2D eigenvalue weighted by Gasteiger charge is 2.22. The first-order valence-electron chi connectivity index (χ1n) is 8.87. The minimum absolute atomic E-state index is 0.0514. The number of likely N-dealkylation sites (tertiary alicyclic amines) is 1. The third kappa shape index (κ3) is 4.37. The lowest BCUT2D eigenvalue weighted by Gasteiger charge is -2.33. The van der Waals surface area contributed by atoms with Crippen molar-refractivity contribution in [3.8, 4) is 5.75 Å². The first-order chi connectivity index (χ1) is 11.8. The molecule has 0 saturated carbocycles. The molecule has 0 aliphatic carbocycles. The van der Waals surface area contributed by atoms with Crippen LogP contribution in [0.25, 0.3) is 0 Å². The molecule has 0 aromatic heterocycles. The van der Waals surface area contributed by atoms with Crippen molar-refractivity contribution in [3.63, 3.8) is 0 Å². The van der Waals surface area contributed by atoms with Crippen molar-refractivity contribution in [2.24, 2.45) is 0 Å². The van der Waals surface area contributed by atoms with E-state index in [0.29, 0.717) is 12.5 Å². The highest BCUT2D eigenvalue weighted by atomic mass is 16.5. The zero-order chi connectivity index (χ0) is 16.8. The topological polar surface area (TPSA) is 32.7 Å². The van der Waals surface area contributed by atoms with Crippen molar-refractivity contribution in [2.75, 3.05) is 26.3 Å². The summed E-state index contributed by atoms with van der Waals surface area (Å²) in [7, 11) is 0. The molecule has 1 N–H and O–H groups in total. The Balaban J connectivity index is 1.60. The highest BCUT2D eigenvalue weighted by molar-refractivity contribution is 5.30. The second-order valence-electron chi connectivity index (χ2n) is 6.65. The average molecular weight is 325 g/mol. The molecule has 1 fully saturated rings. The Morgan fingerprint density at radius 3 is 2.67 bits per heavy atom. The first-order valence-corrected chi connectivity index (χ1v) is 8.87. The van der Waals surface area contributed by atoms with Gasteiger partial charge in [0, 0.05) is 13.1 Å². The third-order valence-electron chi connectivity index (χ3n) is 4.82. The van der Waals surface area contributed by atoms with Gasteiger partial charge in [-0.3, -0.25) is 4.90 Å². The van der Waals surface area contributed by atoms with E-state index >= 15 is 0 Å². The van der Waals surface area contributed by atoms with Crippen molar-refractivity contribution in [1.29, 1.82) is 0 Å². The number of hydrogen-bond donors (Lipinski definition) is 1. The molecule has 0 radical (unpaired) electrons. The van der Waals surface area contributed by atoms with Crippen LogP contribution in [0.3, 0.4) is 0 Å². The van der Waals surface area contributed by atoms with E-state index in [4.69, 9.17) is 9.84 Å². The Morgan fingerprint density at radius 1 is 1.12 bits per heavy atom. The standard InChI is InChI=1S/C21H27NO2/c1-17-5-2-3-7-21(17)19-6-4-12-22(16-19)15-18-8-10-20(11-9-18)24-14-13-23/h2-3,5,7-11,19,23H,4,6,12-16H2,1H3. The van der Waals surface area contributed by atoms with Gasteiger partial charge in [-0.15, -0.1) is 0 Å². The molecule has 2 aromatic rings. The van der Waals surface area contributed by atoms with E-state index in [-0.39, 0.29) is 6.61 Å². The molecule has 3 rings (SSSR count). The summed E-state index contributed by atoms with van der Waals surface area (Å²) in [5.74, 6) is 1.47. The Bertz CT molecular complexity index is 639. The maximum Gasteiger partial charge on any atom is 0.119 e. The number of benzene rings is 2. The van der Waals surface area contributed by atoms with E-state index < -0.39 is 0 Å². The van der Waals surface area contributed by atoms with Crippen molar-refractivity contribution in [2.45, 2.75) is 32.2 Å². The zero-order valence-corrected chi connectivity index (χ0v) is 14.4. The summed E-state index contributed by atoms with van der Waals surface area (Å²) < 4.78 is 5.42. The SMILES string of the molecule is Cc1ccccc1C1CCCN(Cc2ccc(OCCO)cc2)C1. The quantitative estimate of drug-likeness (QED) is 0.878. The van der Waals surface area contributed by atoms with Crippen LogP contribution in [-0.4, -0.2) is 36.3 Å². The van der Waals surface area contributed by atoms with Gasteiger partial charge in [0.05, 0.1) is 6.61 Å². The van der Waals surface area contributed by atoms with Gasteiger partial charge in [0.1, 0.15) is 12.4 Å². The molecule has 1 heterocycles. The highest BCUT2D eigenvalue weighted by Crippen LogP contribution is 2.29. The lowest BCUT2D eigenvalue weighted by molar-refractivity contribution is 0.198. The Hall–Kier alpha value is -1.84. The number of rotatable bonds is 6. The van der Waals surface area contributed by atoms with Gasteiger partial charge in [-0.2, -0.15) is 0 Å². The van der Waals surface area contributed by atoms with E-state index in [9.17, 15) is 0 Å². The van der Waals surface area contributed by atoms with Gasteiger partial charge < -0.3 is 9.84 Å². The van der Waals surface area contributed by atoms with Gasteiger partial charge in [-0.05, 0) is 61.1 Å². The minimum atomic E-state index is 0.0514. The van der Waals surface area contributed by atoms with Crippen molar-refractivity contribution in [1.82, 2.24) is 4.90 Å². The van der Waals surface area contributed by atoms with Gasteiger partial charge >= 0.3 is 0 Å². The lowest BCUT2D eigenvalue weighted by atomic mass is 9.88. The minimum Gasteiger partial charge on any atom is -0.491 e. The number of aliphatic hydroxyl groups is 1. The number of hydrogen-bond acceptors (Lipinski definition) is 3. The zero-order valence-electron chi connectivity index (χ0n) is 14.4. The molecule has 0 amide bonds. The van der Waals surface area contributed by atoms with E-state index in [0.717, 1.165) is 18.8 Å². The van der Waals surface area contributed by atoms with Crippen LogP contribution in [0.15, 0.2) is 48.5 Å². The molecule has 0 bridgehead atoms. The van der Waals surface area contributed by atoms with Crippen LogP contribution in [-0.2, 0) is 6.54 Å². The van der Waals surface area contributed by atoms with Gasteiger partial charge in [-0.1, -0.05) is 36.4 Å². The Morgan fingerprint density at radius 2 is 1.92 bits per heavy atom. The predicted molar refractivity (Wildman–Crippen MR) is 97.5 cm³/mol. The van der Waals surface area contributed by atoms with Crippen LogP contribution in [0.2, 0.25) is 0 Å². The monoisotopic (exact) mass is 325 g/mol. The van der Waals surface area contributed by atoms with Crippen LogP contribution in [0, 0.1) is 6.92 Å². The van der Waals surface area contributed by atoms with E-state index in [1.807, 2.05) is 12.1 Å². The second-order valence-corrected chi connectivity index (χ2v) is 6.65.